The monoisotopic (exact) mass is 511 g/mol. The van der Waals surface area contributed by atoms with E-state index < -0.39 is 17.8 Å². The van der Waals surface area contributed by atoms with Crippen LogP contribution in [0, 0.1) is 11.7 Å². The lowest BCUT2D eigenvalue weighted by atomic mass is 9.90. The second-order valence-corrected chi connectivity index (χ2v) is 10.1. The van der Waals surface area contributed by atoms with E-state index in [4.69, 9.17) is 16.3 Å². The van der Waals surface area contributed by atoms with Crippen LogP contribution < -0.4 is 0 Å². The molecule has 1 saturated carbocycles. The Hall–Kier alpha value is -3.10. The van der Waals surface area contributed by atoms with Crippen LogP contribution in [0.5, 0.6) is 0 Å². The number of likely N-dealkylation sites (tertiary alicyclic amines) is 1. The molecule has 0 radical (unpaired) electrons. The van der Waals surface area contributed by atoms with Crippen molar-refractivity contribution in [3.05, 3.63) is 64.8 Å². The third kappa shape index (κ3) is 4.44. The highest BCUT2D eigenvalue weighted by molar-refractivity contribution is 6.30. The van der Waals surface area contributed by atoms with Gasteiger partial charge in [0.1, 0.15) is 12.4 Å². The van der Waals surface area contributed by atoms with Crippen LogP contribution in [-0.4, -0.2) is 57.7 Å². The molecular weight excluding hydrogens is 485 g/mol. The number of rotatable bonds is 9. The van der Waals surface area contributed by atoms with Gasteiger partial charge in [-0.05, 0) is 43.4 Å². The molecule has 3 heterocycles. The van der Waals surface area contributed by atoms with Crippen LogP contribution in [-0.2, 0) is 20.9 Å². The summed E-state index contributed by atoms with van der Waals surface area (Å²) in [6.07, 6.45) is 6.47. The molecule has 7 nitrogen and oxygen atoms in total. The number of carbonyl (C=O) groups excluding carboxylic acids is 3. The molecule has 4 atom stereocenters. The molecule has 1 saturated heterocycles. The number of amides is 1. The maximum Gasteiger partial charge on any atom is 0.243 e. The fraction of sp³-hybridized carbons (Fsp3) is 0.407. The summed E-state index contributed by atoms with van der Waals surface area (Å²) >= 11 is 5.97. The van der Waals surface area contributed by atoms with Gasteiger partial charge in [-0.1, -0.05) is 23.7 Å². The van der Waals surface area contributed by atoms with Crippen molar-refractivity contribution in [2.24, 2.45) is 5.92 Å². The number of ketones is 2. The lowest BCUT2D eigenvalue weighted by Crippen LogP contribution is -2.45. The van der Waals surface area contributed by atoms with Gasteiger partial charge in [-0.25, -0.2) is 4.39 Å². The SMILES string of the molecule is COC[C@@H](CC(=O)[C@@H]1C[C@H]2C[C@H]2N1C(=O)Cn1cc(C(C)=O)c2ccncc21)c1cccc(Cl)c1F. The van der Waals surface area contributed by atoms with Crippen molar-refractivity contribution < 1.29 is 23.5 Å². The molecule has 0 spiro atoms. The Labute approximate surface area is 213 Å². The number of ether oxygens (including phenoxy) is 1. The molecule has 5 rings (SSSR count). The van der Waals surface area contributed by atoms with Crippen molar-refractivity contribution in [3.8, 4) is 0 Å². The maximum absolute atomic E-state index is 14.7. The number of carbonyl (C=O) groups is 3. The number of methoxy groups -OCH3 is 1. The van der Waals surface area contributed by atoms with Crippen molar-refractivity contribution >= 4 is 40.0 Å². The Morgan fingerprint density at radius 1 is 1.25 bits per heavy atom. The van der Waals surface area contributed by atoms with E-state index in [0.29, 0.717) is 29.0 Å². The van der Waals surface area contributed by atoms with Gasteiger partial charge in [0.25, 0.3) is 0 Å². The molecule has 2 aromatic heterocycles. The number of pyridine rings is 1. The number of fused-ring (bicyclic) bond motifs is 2. The topological polar surface area (TPSA) is 81.5 Å². The molecule has 36 heavy (non-hydrogen) atoms. The minimum Gasteiger partial charge on any atom is -0.384 e. The molecule has 0 N–H and O–H groups in total. The molecule has 0 bridgehead atoms. The predicted molar refractivity (Wildman–Crippen MR) is 133 cm³/mol. The summed E-state index contributed by atoms with van der Waals surface area (Å²) in [4.78, 5) is 45.0. The molecule has 188 valence electrons. The van der Waals surface area contributed by atoms with E-state index in [9.17, 15) is 18.8 Å². The first-order chi connectivity index (χ1) is 17.3. The Morgan fingerprint density at radius 2 is 2.06 bits per heavy atom. The first-order valence-electron chi connectivity index (χ1n) is 12.0. The minimum atomic E-state index is -0.560. The third-order valence-electron chi connectivity index (χ3n) is 7.37. The number of hydrogen-bond donors (Lipinski definition) is 0. The Bertz CT molecular complexity index is 1360. The van der Waals surface area contributed by atoms with Crippen LogP contribution in [0.4, 0.5) is 4.39 Å². The highest BCUT2D eigenvalue weighted by atomic mass is 35.5. The first kappa shape index (κ1) is 24.6. The Balaban J connectivity index is 1.37. The van der Waals surface area contributed by atoms with E-state index >= 15 is 0 Å². The number of nitrogens with zero attached hydrogens (tertiary/aromatic N) is 3. The first-order valence-corrected chi connectivity index (χ1v) is 12.4. The van der Waals surface area contributed by atoms with E-state index in [2.05, 4.69) is 4.98 Å². The zero-order chi connectivity index (χ0) is 25.6. The molecule has 9 heteroatoms. The molecule has 3 aromatic rings. The van der Waals surface area contributed by atoms with Gasteiger partial charge >= 0.3 is 0 Å². The molecule has 1 aliphatic heterocycles. The van der Waals surface area contributed by atoms with Crippen LogP contribution >= 0.6 is 11.6 Å². The minimum absolute atomic E-state index is 0.00154. The number of Topliss-reactive ketones (excluding diaryl/α,β-unsaturated/α-hetero) is 2. The molecular formula is C27H27ClFN3O4. The van der Waals surface area contributed by atoms with Gasteiger partial charge in [-0.3, -0.25) is 19.4 Å². The fourth-order valence-corrected chi connectivity index (χ4v) is 5.74. The quantitative estimate of drug-likeness (QED) is 0.397. The number of aromatic nitrogens is 2. The van der Waals surface area contributed by atoms with Crippen LogP contribution in [0.3, 0.4) is 0 Å². The van der Waals surface area contributed by atoms with Crippen molar-refractivity contribution in [1.29, 1.82) is 0 Å². The molecule has 1 aliphatic carbocycles. The van der Waals surface area contributed by atoms with Gasteiger partial charge in [0, 0.05) is 48.8 Å². The number of piperidine rings is 1. The second-order valence-electron chi connectivity index (χ2n) is 9.70. The van der Waals surface area contributed by atoms with Crippen LogP contribution in [0.2, 0.25) is 5.02 Å². The summed E-state index contributed by atoms with van der Waals surface area (Å²) in [5, 5.41) is 0.743. The molecule has 0 unspecified atom stereocenters. The summed E-state index contributed by atoms with van der Waals surface area (Å²) in [7, 11) is 1.51. The standard InChI is InChI=1S/C27H27ClFN3O4/c1-15(33)20-12-31(24-11-30-7-6-19(20)24)13-26(35)32-22-8-16(22)9-23(32)25(34)10-17(14-36-2)18-4-3-5-21(28)27(18)29/h3-7,11-12,16-17,22-23H,8-10,13-14H2,1-2H3/t16-,17-,22-,23+/m1/s1. The number of hydrogen-bond acceptors (Lipinski definition) is 5. The zero-order valence-corrected chi connectivity index (χ0v) is 20.9. The third-order valence-corrected chi connectivity index (χ3v) is 7.66. The Kier molecular flexibility index (Phi) is 6.66. The molecule has 1 aromatic carbocycles. The average molecular weight is 512 g/mol. The average Bonchev–Trinajstić information content (AvgIpc) is 3.35. The van der Waals surface area contributed by atoms with Crippen molar-refractivity contribution in [2.45, 2.75) is 50.7 Å². The summed E-state index contributed by atoms with van der Waals surface area (Å²) < 4.78 is 21.7. The van der Waals surface area contributed by atoms with Gasteiger partial charge in [0.2, 0.25) is 5.91 Å². The van der Waals surface area contributed by atoms with Gasteiger partial charge < -0.3 is 14.2 Å². The summed E-state index contributed by atoms with van der Waals surface area (Å²) in [6, 6.07) is 5.98. The summed E-state index contributed by atoms with van der Waals surface area (Å²) in [5.74, 6) is -1.13. The Morgan fingerprint density at radius 3 is 2.81 bits per heavy atom. The zero-order valence-electron chi connectivity index (χ0n) is 20.1. The van der Waals surface area contributed by atoms with E-state index in [1.807, 2.05) is 0 Å². The van der Waals surface area contributed by atoms with Crippen LogP contribution in [0.15, 0.2) is 42.9 Å². The largest absolute Gasteiger partial charge is 0.384 e. The molecule has 1 amide bonds. The lowest BCUT2D eigenvalue weighted by molar-refractivity contribution is -0.139. The van der Waals surface area contributed by atoms with E-state index in [0.717, 1.165) is 11.8 Å². The van der Waals surface area contributed by atoms with Gasteiger partial charge in [-0.2, -0.15) is 0 Å². The van der Waals surface area contributed by atoms with Crippen molar-refractivity contribution in [2.75, 3.05) is 13.7 Å². The maximum atomic E-state index is 14.7. The number of halogens is 2. The van der Waals surface area contributed by atoms with Gasteiger partial charge in [0.15, 0.2) is 11.6 Å². The number of benzene rings is 1. The smallest absolute Gasteiger partial charge is 0.243 e. The van der Waals surface area contributed by atoms with Gasteiger partial charge in [-0.15, -0.1) is 0 Å². The lowest BCUT2D eigenvalue weighted by Gasteiger charge is -2.28. The van der Waals surface area contributed by atoms with E-state index in [-0.39, 0.29) is 48.1 Å². The second kappa shape index (κ2) is 9.75. The normalized spacial score (nSPS) is 21.4. The highest BCUT2D eigenvalue weighted by Crippen LogP contribution is 2.48. The van der Waals surface area contributed by atoms with E-state index in [1.54, 1.807) is 46.3 Å². The van der Waals surface area contributed by atoms with Gasteiger partial charge in [0.05, 0.1) is 29.4 Å². The predicted octanol–water partition coefficient (Wildman–Crippen LogP) is 4.41. The summed E-state index contributed by atoms with van der Waals surface area (Å²) in [6.45, 7) is 1.66. The molecule has 2 aliphatic rings. The van der Waals surface area contributed by atoms with Crippen LogP contribution in [0.1, 0.15) is 48.0 Å². The van der Waals surface area contributed by atoms with Crippen LogP contribution in [0.25, 0.3) is 10.9 Å². The molecule has 2 fully saturated rings. The fourth-order valence-electron chi connectivity index (χ4n) is 5.55. The van der Waals surface area contributed by atoms with Crippen molar-refractivity contribution in [1.82, 2.24) is 14.5 Å². The highest BCUT2D eigenvalue weighted by Gasteiger charge is 2.55. The van der Waals surface area contributed by atoms with Crippen molar-refractivity contribution in [3.63, 3.8) is 0 Å². The van der Waals surface area contributed by atoms with E-state index in [1.165, 1.54) is 20.1 Å². The summed E-state index contributed by atoms with van der Waals surface area (Å²) in [5.41, 5.74) is 1.56.